The fraction of sp³-hybridized carbons (Fsp3) is 0.385. The quantitative estimate of drug-likeness (QED) is 0.562. The van der Waals surface area contributed by atoms with E-state index in [2.05, 4.69) is 43.6 Å². The van der Waals surface area contributed by atoms with Crippen LogP contribution in [-0.2, 0) is 6.54 Å². The van der Waals surface area contributed by atoms with Crippen molar-refractivity contribution in [1.82, 2.24) is 15.2 Å². The molecule has 3 heterocycles. The molecule has 2 fully saturated rings. The molecule has 5 rings (SSSR count). The third kappa shape index (κ3) is 4.79. The molecule has 1 aromatic heterocycles. The Labute approximate surface area is 193 Å². The Bertz CT molecular complexity index is 1220. The third-order valence-electron chi connectivity index (χ3n) is 6.68. The number of carbonyl (C=O) groups excluding carboxylic acids is 1. The Morgan fingerprint density at radius 1 is 1.00 bits per heavy atom. The predicted octanol–water partition coefficient (Wildman–Crippen LogP) is 3.09. The van der Waals surface area contributed by atoms with Gasteiger partial charge in [0.05, 0.1) is 5.56 Å². The number of piperazine rings is 1. The molecule has 0 unspecified atom stereocenters. The van der Waals surface area contributed by atoms with Crippen molar-refractivity contribution in [3.63, 3.8) is 0 Å². The number of aromatic nitrogens is 1. The normalized spacial score (nSPS) is 16.9. The lowest BCUT2D eigenvalue weighted by atomic mass is 10.1. The maximum absolute atomic E-state index is 13.5. The summed E-state index contributed by atoms with van der Waals surface area (Å²) in [4.78, 5) is 32.8. The van der Waals surface area contributed by atoms with Gasteiger partial charge in [-0.3, -0.25) is 14.5 Å². The molecule has 33 heavy (non-hydrogen) atoms. The fourth-order valence-electron chi connectivity index (χ4n) is 4.92. The van der Waals surface area contributed by atoms with E-state index in [9.17, 15) is 9.59 Å². The monoisotopic (exact) mass is 445 g/mol. The molecule has 7 heteroatoms. The number of nitrogens with zero attached hydrogens (tertiary/aromatic N) is 2. The zero-order chi connectivity index (χ0) is 22.8. The van der Waals surface area contributed by atoms with E-state index in [0.29, 0.717) is 0 Å². The number of fused-ring (bicyclic) bond motifs is 1. The summed E-state index contributed by atoms with van der Waals surface area (Å²) in [6.45, 7) is 8.79. The SMILES string of the molecule is Cc1cc(=O)[nH]c2ccc(NC(=O)c3cc(CN4CCNCC4)ccc3N3CCCC3)cc12. The number of nitrogens with one attached hydrogen (secondary N) is 3. The molecule has 0 spiro atoms. The number of aromatic amines is 1. The van der Waals surface area contributed by atoms with E-state index >= 15 is 0 Å². The molecule has 0 bridgehead atoms. The van der Waals surface area contributed by atoms with Gasteiger partial charge in [0.2, 0.25) is 5.56 Å². The summed E-state index contributed by atoms with van der Waals surface area (Å²) < 4.78 is 0. The maximum Gasteiger partial charge on any atom is 0.257 e. The molecule has 0 saturated carbocycles. The lowest BCUT2D eigenvalue weighted by molar-refractivity contribution is 0.102. The second kappa shape index (κ2) is 9.37. The molecule has 2 aliphatic rings. The molecule has 2 saturated heterocycles. The molecule has 3 N–H and O–H groups in total. The van der Waals surface area contributed by atoms with E-state index in [-0.39, 0.29) is 11.5 Å². The van der Waals surface area contributed by atoms with Gasteiger partial charge in [0.1, 0.15) is 0 Å². The van der Waals surface area contributed by atoms with Gasteiger partial charge in [0.25, 0.3) is 5.91 Å². The molecule has 0 aliphatic carbocycles. The Balaban J connectivity index is 1.44. The molecule has 7 nitrogen and oxygen atoms in total. The lowest BCUT2D eigenvalue weighted by Gasteiger charge is -2.28. The maximum atomic E-state index is 13.5. The van der Waals surface area contributed by atoms with E-state index in [1.165, 1.54) is 0 Å². The van der Waals surface area contributed by atoms with E-state index in [4.69, 9.17) is 0 Å². The van der Waals surface area contributed by atoms with Crippen molar-refractivity contribution < 1.29 is 4.79 Å². The fourth-order valence-corrected chi connectivity index (χ4v) is 4.92. The first-order valence-electron chi connectivity index (χ1n) is 11.8. The highest BCUT2D eigenvalue weighted by molar-refractivity contribution is 6.09. The van der Waals surface area contributed by atoms with Crippen LogP contribution >= 0.6 is 0 Å². The molecular formula is C26H31N5O2. The summed E-state index contributed by atoms with van der Waals surface area (Å²) in [5, 5.41) is 7.43. The summed E-state index contributed by atoms with van der Waals surface area (Å²) >= 11 is 0. The van der Waals surface area contributed by atoms with Gasteiger partial charge in [0.15, 0.2) is 0 Å². The molecule has 2 aromatic carbocycles. The molecule has 3 aromatic rings. The number of hydrogen-bond acceptors (Lipinski definition) is 5. The van der Waals surface area contributed by atoms with Gasteiger partial charge in [0, 0.05) is 74.2 Å². The van der Waals surface area contributed by atoms with Gasteiger partial charge in [-0.05, 0) is 61.2 Å². The number of carbonyl (C=O) groups is 1. The first-order chi connectivity index (χ1) is 16.1. The van der Waals surface area contributed by atoms with Crippen LogP contribution < -0.4 is 21.1 Å². The van der Waals surface area contributed by atoms with Crippen LogP contribution in [0, 0.1) is 6.92 Å². The number of hydrogen-bond donors (Lipinski definition) is 3. The van der Waals surface area contributed by atoms with Crippen molar-refractivity contribution in [3.8, 4) is 0 Å². The predicted molar refractivity (Wildman–Crippen MR) is 133 cm³/mol. The Morgan fingerprint density at radius 3 is 2.58 bits per heavy atom. The number of rotatable bonds is 5. The molecular weight excluding hydrogens is 414 g/mol. The van der Waals surface area contributed by atoms with Crippen molar-refractivity contribution in [2.75, 3.05) is 49.5 Å². The van der Waals surface area contributed by atoms with Crippen molar-refractivity contribution in [1.29, 1.82) is 0 Å². The van der Waals surface area contributed by atoms with Gasteiger partial charge in [-0.1, -0.05) is 6.07 Å². The van der Waals surface area contributed by atoms with E-state index in [1.54, 1.807) is 6.07 Å². The zero-order valence-electron chi connectivity index (χ0n) is 19.1. The van der Waals surface area contributed by atoms with Crippen LogP contribution in [0.1, 0.15) is 34.3 Å². The molecule has 172 valence electrons. The summed E-state index contributed by atoms with van der Waals surface area (Å²) in [6, 6.07) is 13.6. The van der Waals surface area contributed by atoms with Gasteiger partial charge >= 0.3 is 0 Å². The third-order valence-corrected chi connectivity index (χ3v) is 6.68. The highest BCUT2D eigenvalue weighted by atomic mass is 16.1. The van der Waals surface area contributed by atoms with Crippen LogP contribution in [0.3, 0.4) is 0 Å². The first kappa shape index (κ1) is 21.7. The van der Waals surface area contributed by atoms with Crippen LogP contribution in [0.5, 0.6) is 0 Å². The average Bonchev–Trinajstić information content (AvgIpc) is 3.35. The van der Waals surface area contributed by atoms with Gasteiger partial charge < -0.3 is 20.5 Å². The smallest absolute Gasteiger partial charge is 0.257 e. The summed E-state index contributed by atoms with van der Waals surface area (Å²) in [5.74, 6) is -0.0968. The van der Waals surface area contributed by atoms with Crippen molar-refractivity contribution >= 4 is 28.2 Å². The lowest BCUT2D eigenvalue weighted by Crippen LogP contribution is -2.42. The average molecular weight is 446 g/mol. The molecule has 1 amide bonds. The minimum absolute atomic E-state index is 0.0968. The van der Waals surface area contributed by atoms with Crippen molar-refractivity contribution in [2.45, 2.75) is 26.3 Å². The van der Waals surface area contributed by atoms with Crippen molar-refractivity contribution in [2.24, 2.45) is 0 Å². The van der Waals surface area contributed by atoms with E-state index in [1.807, 2.05) is 25.1 Å². The zero-order valence-corrected chi connectivity index (χ0v) is 19.1. The number of pyridine rings is 1. The van der Waals surface area contributed by atoms with E-state index in [0.717, 1.165) is 97.6 Å². The van der Waals surface area contributed by atoms with Crippen LogP contribution in [-0.4, -0.2) is 55.1 Å². The standard InChI is InChI=1S/C26H31N5O2/c1-18-14-25(32)29-23-6-5-20(16-21(18)23)28-26(33)22-15-19(17-30-12-8-27-9-13-30)4-7-24(22)31-10-2-3-11-31/h4-7,14-16,27H,2-3,8-13,17H2,1H3,(H,28,33)(H,29,32). The summed E-state index contributed by atoms with van der Waals surface area (Å²) in [5.41, 5.74) is 5.17. The van der Waals surface area contributed by atoms with Crippen LogP contribution in [0.25, 0.3) is 10.9 Å². The topological polar surface area (TPSA) is 80.5 Å². The second-order valence-corrected chi connectivity index (χ2v) is 9.10. The van der Waals surface area contributed by atoms with Gasteiger partial charge in [-0.15, -0.1) is 0 Å². The van der Waals surface area contributed by atoms with Crippen LogP contribution in [0.2, 0.25) is 0 Å². The molecule has 0 atom stereocenters. The second-order valence-electron chi connectivity index (χ2n) is 9.10. The number of benzene rings is 2. The number of H-pyrrole nitrogens is 1. The largest absolute Gasteiger partial charge is 0.371 e. The Morgan fingerprint density at radius 2 is 1.79 bits per heavy atom. The molecule has 2 aliphatic heterocycles. The highest BCUT2D eigenvalue weighted by Gasteiger charge is 2.21. The highest BCUT2D eigenvalue weighted by Crippen LogP contribution is 2.28. The summed E-state index contributed by atoms with van der Waals surface area (Å²) in [6.07, 6.45) is 2.32. The number of aryl methyl sites for hydroxylation is 1. The number of anilines is 2. The minimum Gasteiger partial charge on any atom is -0.371 e. The number of amides is 1. The van der Waals surface area contributed by atoms with Gasteiger partial charge in [-0.2, -0.15) is 0 Å². The summed E-state index contributed by atoms with van der Waals surface area (Å²) in [7, 11) is 0. The van der Waals surface area contributed by atoms with Crippen molar-refractivity contribution in [3.05, 3.63) is 69.5 Å². The minimum atomic E-state index is -0.117. The first-order valence-corrected chi connectivity index (χ1v) is 11.8. The van der Waals surface area contributed by atoms with Crippen LogP contribution in [0.15, 0.2) is 47.3 Å². The van der Waals surface area contributed by atoms with Gasteiger partial charge in [-0.25, -0.2) is 0 Å². The van der Waals surface area contributed by atoms with E-state index < -0.39 is 0 Å². The molecule has 0 radical (unpaired) electrons. The Kier molecular flexibility index (Phi) is 6.15. The Hall–Kier alpha value is -3.16. The van der Waals surface area contributed by atoms with Crippen LogP contribution in [0.4, 0.5) is 11.4 Å².